The maximum atomic E-state index is 11.5. The highest BCUT2D eigenvalue weighted by molar-refractivity contribution is 5.92. The smallest absolute Gasteiger partial charge is 0.137 e. The van der Waals surface area contributed by atoms with Crippen molar-refractivity contribution in [2.45, 2.75) is 26.2 Å². The third-order valence-electron chi connectivity index (χ3n) is 3.03. The lowest BCUT2D eigenvalue weighted by Gasteiger charge is -2.22. The van der Waals surface area contributed by atoms with E-state index in [4.69, 9.17) is 0 Å². The number of rotatable bonds is 2. The molecule has 1 atom stereocenters. The molecule has 15 heavy (non-hydrogen) atoms. The van der Waals surface area contributed by atoms with E-state index in [9.17, 15) is 4.79 Å². The SMILES string of the molecule is CC(=O)C1CCCC=C1c1ccccc1. The van der Waals surface area contributed by atoms with Gasteiger partial charge in [-0.3, -0.25) is 4.79 Å². The highest BCUT2D eigenvalue weighted by Gasteiger charge is 2.22. The molecule has 78 valence electrons. The topological polar surface area (TPSA) is 17.1 Å². The summed E-state index contributed by atoms with van der Waals surface area (Å²) in [4.78, 5) is 11.5. The highest BCUT2D eigenvalue weighted by atomic mass is 16.1. The zero-order valence-electron chi connectivity index (χ0n) is 9.07. The Kier molecular flexibility index (Phi) is 3.00. The van der Waals surface area contributed by atoms with Crippen LogP contribution in [-0.4, -0.2) is 5.78 Å². The maximum Gasteiger partial charge on any atom is 0.137 e. The fraction of sp³-hybridized carbons (Fsp3) is 0.357. The molecule has 0 radical (unpaired) electrons. The van der Waals surface area contributed by atoms with Crippen LogP contribution in [0.5, 0.6) is 0 Å². The van der Waals surface area contributed by atoms with Crippen LogP contribution < -0.4 is 0 Å². The number of ketones is 1. The van der Waals surface area contributed by atoms with E-state index in [1.165, 1.54) is 11.1 Å². The molecule has 1 unspecified atom stereocenters. The molecule has 0 heterocycles. The van der Waals surface area contributed by atoms with Crippen molar-refractivity contribution in [2.24, 2.45) is 5.92 Å². The Bertz CT molecular complexity index is 376. The lowest BCUT2D eigenvalue weighted by molar-refractivity contribution is -0.119. The van der Waals surface area contributed by atoms with Gasteiger partial charge in [0.1, 0.15) is 5.78 Å². The van der Waals surface area contributed by atoms with E-state index in [1.807, 2.05) is 18.2 Å². The minimum atomic E-state index is 0.126. The standard InChI is InChI=1S/C14H16O/c1-11(15)13-9-5-6-10-14(13)12-7-3-2-4-8-12/h2-4,7-8,10,13H,5-6,9H2,1H3. The van der Waals surface area contributed by atoms with Crippen molar-refractivity contribution in [3.05, 3.63) is 42.0 Å². The second-order valence-electron chi connectivity index (χ2n) is 4.12. The average Bonchev–Trinajstić information content (AvgIpc) is 2.30. The fourth-order valence-electron chi connectivity index (χ4n) is 2.25. The molecule has 0 spiro atoms. The summed E-state index contributed by atoms with van der Waals surface area (Å²) in [6.45, 7) is 1.70. The largest absolute Gasteiger partial charge is 0.299 e. The third kappa shape index (κ3) is 2.17. The molecule has 0 bridgehead atoms. The second kappa shape index (κ2) is 4.43. The first-order valence-corrected chi connectivity index (χ1v) is 5.55. The first kappa shape index (κ1) is 10.2. The van der Waals surface area contributed by atoms with Gasteiger partial charge in [0.15, 0.2) is 0 Å². The maximum absolute atomic E-state index is 11.5. The molecular weight excluding hydrogens is 184 g/mol. The first-order chi connectivity index (χ1) is 7.29. The average molecular weight is 200 g/mol. The summed E-state index contributed by atoms with van der Waals surface area (Å²) in [7, 11) is 0. The van der Waals surface area contributed by atoms with E-state index in [0.717, 1.165) is 19.3 Å². The van der Waals surface area contributed by atoms with Crippen LogP contribution in [0, 0.1) is 5.92 Å². The molecule has 0 aromatic heterocycles. The van der Waals surface area contributed by atoms with Crippen molar-refractivity contribution in [3.63, 3.8) is 0 Å². The predicted octanol–water partition coefficient (Wildman–Crippen LogP) is 3.46. The van der Waals surface area contributed by atoms with E-state index in [1.54, 1.807) is 6.92 Å². The van der Waals surface area contributed by atoms with E-state index in [0.29, 0.717) is 5.78 Å². The van der Waals surface area contributed by atoms with Gasteiger partial charge in [0, 0.05) is 5.92 Å². The Morgan fingerprint density at radius 2 is 2.00 bits per heavy atom. The van der Waals surface area contributed by atoms with Crippen molar-refractivity contribution < 1.29 is 4.79 Å². The first-order valence-electron chi connectivity index (χ1n) is 5.55. The summed E-state index contributed by atoms with van der Waals surface area (Å²) in [5.41, 5.74) is 2.44. The lowest BCUT2D eigenvalue weighted by atomic mass is 9.81. The minimum absolute atomic E-state index is 0.126. The molecular formula is C14H16O. The monoisotopic (exact) mass is 200 g/mol. The van der Waals surface area contributed by atoms with Crippen LogP contribution >= 0.6 is 0 Å². The molecule has 2 rings (SSSR count). The minimum Gasteiger partial charge on any atom is -0.299 e. The molecule has 1 aliphatic carbocycles. The number of hydrogen-bond acceptors (Lipinski definition) is 1. The van der Waals surface area contributed by atoms with Crippen LogP contribution in [0.1, 0.15) is 31.7 Å². The van der Waals surface area contributed by atoms with Crippen LogP contribution in [0.15, 0.2) is 36.4 Å². The summed E-state index contributed by atoms with van der Waals surface area (Å²) in [6.07, 6.45) is 5.48. The number of carbonyl (C=O) groups excluding carboxylic acids is 1. The highest BCUT2D eigenvalue weighted by Crippen LogP contribution is 2.32. The Labute approximate surface area is 90.8 Å². The molecule has 1 aliphatic rings. The van der Waals surface area contributed by atoms with Crippen molar-refractivity contribution in [1.29, 1.82) is 0 Å². The normalized spacial score (nSPS) is 20.9. The summed E-state index contributed by atoms with van der Waals surface area (Å²) < 4.78 is 0. The fourth-order valence-corrected chi connectivity index (χ4v) is 2.25. The van der Waals surface area contributed by atoms with Gasteiger partial charge in [-0.2, -0.15) is 0 Å². The molecule has 1 aromatic rings. The lowest BCUT2D eigenvalue weighted by Crippen LogP contribution is -2.15. The van der Waals surface area contributed by atoms with Gasteiger partial charge in [-0.25, -0.2) is 0 Å². The molecule has 0 saturated heterocycles. The van der Waals surface area contributed by atoms with Gasteiger partial charge >= 0.3 is 0 Å². The Balaban J connectivity index is 2.34. The van der Waals surface area contributed by atoms with Crippen LogP contribution in [0.4, 0.5) is 0 Å². The van der Waals surface area contributed by atoms with Crippen molar-refractivity contribution in [1.82, 2.24) is 0 Å². The van der Waals surface area contributed by atoms with E-state index >= 15 is 0 Å². The van der Waals surface area contributed by atoms with E-state index in [2.05, 4.69) is 18.2 Å². The third-order valence-corrected chi connectivity index (χ3v) is 3.03. The summed E-state index contributed by atoms with van der Waals surface area (Å²) in [5.74, 6) is 0.422. The quantitative estimate of drug-likeness (QED) is 0.714. The van der Waals surface area contributed by atoms with Gasteiger partial charge < -0.3 is 0 Å². The zero-order valence-corrected chi connectivity index (χ0v) is 9.07. The Morgan fingerprint density at radius 1 is 1.27 bits per heavy atom. The molecule has 1 aromatic carbocycles. The molecule has 1 heteroatoms. The molecule has 0 amide bonds. The second-order valence-corrected chi connectivity index (χ2v) is 4.12. The predicted molar refractivity (Wildman–Crippen MR) is 62.4 cm³/mol. The van der Waals surface area contributed by atoms with Crippen LogP contribution in [0.3, 0.4) is 0 Å². The molecule has 0 fully saturated rings. The summed E-state index contributed by atoms with van der Waals surface area (Å²) in [6, 6.07) is 10.2. The Hall–Kier alpha value is -1.37. The van der Waals surface area contributed by atoms with Crippen LogP contribution in [0.2, 0.25) is 0 Å². The van der Waals surface area contributed by atoms with Gasteiger partial charge in [-0.1, -0.05) is 36.4 Å². The van der Waals surface area contributed by atoms with Crippen LogP contribution in [0.25, 0.3) is 5.57 Å². The number of Topliss-reactive ketones (excluding diaryl/α,β-unsaturated/α-hetero) is 1. The van der Waals surface area contributed by atoms with Gasteiger partial charge in [0.25, 0.3) is 0 Å². The summed E-state index contributed by atoms with van der Waals surface area (Å²) >= 11 is 0. The zero-order chi connectivity index (χ0) is 10.7. The number of hydrogen-bond donors (Lipinski definition) is 0. The van der Waals surface area contributed by atoms with Gasteiger partial charge in [0.05, 0.1) is 0 Å². The van der Waals surface area contributed by atoms with Gasteiger partial charge in [0.2, 0.25) is 0 Å². The van der Waals surface area contributed by atoms with Crippen molar-refractivity contribution >= 4 is 11.4 Å². The molecule has 1 nitrogen and oxygen atoms in total. The van der Waals surface area contributed by atoms with Crippen molar-refractivity contribution in [2.75, 3.05) is 0 Å². The number of benzene rings is 1. The molecule has 0 saturated carbocycles. The van der Waals surface area contributed by atoms with E-state index in [-0.39, 0.29) is 5.92 Å². The summed E-state index contributed by atoms with van der Waals surface area (Å²) in [5, 5.41) is 0. The number of allylic oxidation sites excluding steroid dienone is 2. The van der Waals surface area contributed by atoms with Crippen molar-refractivity contribution in [3.8, 4) is 0 Å². The Morgan fingerprint density at radius 3 is 2.67 bits per heavy atom. The molecule has 0 N–H and O–H groups in total. The van der Waals surface area contributed by atoms with Gasteiger partial charge in [-0.15, -0.1) is 0 Å². The van der Waals surface area contributed by atoms with Gasteiger partial charge in [-0.05, 0) is 37.3 Å². The molecule has 0 aliphatic heterocycles. The van der Waals surface area contributed by atoms with Crippen LogP contribution in [-0.2, 0) is 4.79 Å². The van der Waals surface area contributed by atoms with E-state index < -0.39 is 0 Å². The number of carbonyl (C=O) groups is 1.